The fraction of sp³-hybridized carbons (Fsp3) is 0.406. The fourth-order valence-electron chi connectivity index (χ4n) is 5.17. The third-order valence-electron chi connectivity index (χ3n) is 7.48. The maximum absolute atomic E-state index is 14.0. The van der Waals surface area contributed by atoms with E-state index >= 15 is 0 Å². The van der Waals surface area contributed by atoms with Gasteiger partial charge >= 0.3 is 0 Å². The number of pyridine rings is 1. The van der Waals surface area contributed by atoms with Crippen molar-refractivity contribution in [2.45, 2.75) is 46.1 Å². The molecule has 0 radical (unpaired) electrons. The molecule has 0 atom stereocenters. The van der Waals surface area contributed by atoms with Gasteiger partial charge in [-0.05, 0) is 62.8 Å². The molecule has 3 aromatic rings. The summed E-state index contributed by atoms with van der Waals surface area (Å²) < 4.78 is 5.59. The summed E-state index contributed by atoms with van der Waals surface area (Å²) in [6.07, 6.45) is 5.96. The topological polar surface area (TPSA) is 78.0 Å². The standard InChI is InChI=1S/C32H41N5O3/c1-4-35(5-2)21-12-6-7-13-22-36(23-25-15-8-11-19-29(25)40-3)30(38)24-37-28-18-10-9-16-26(28)32(39)34-27-17-14-20-33-31(27)37/h8-11,14-20H,4-7,12-13,21-24H2,1-3H3,(H,34,39). The summed E-state index contributed by atoms with van der Waals surface area (Å²) in [6.45, 7) is 8.83. The zero-order chi connectivity index (χ0) is 28.3. The molecule has 0 unspecified atom stereocenters. The van der Waals surface area contributed by atoms with Crippen molar-refractivity contribution < 1.29 is 14.3 Å². The fourth-order valence-corrected chi connectivity index (χ4v) is 5.17. The number of hydrogen-bond acceptors (Lipinski definition) is 6. The van der Waals surface area contributed by atoms with Crippen LogP contribution in [0, 0.1) is 0 Å². The van der Waals surface area contributed by atoms with Gasteiger partial charge in [-0.3, -0.25) is 9.59 Å². The van der Waals surface area contributed by atoms with Gasteiger partial charge in [-0.25, -0.2) is 4.98 Å². The van der Waals surface area contributed by atoms with E-state index in [-0.39, 0.29) is 18.4 Å². The van der Waals surface area contributed by atoms with Crippen molar-refractivity contribution in [3.8, 4) is 5.75 Å². The van der Waals surface area contributed by atoms with E-state index in [1.54, 1.807) is 25.4 Å². The molecule has 212 valence electrons. The minimum Gasteiger partial charge on any atom is -0.496 e. The number of fused-ring (bicyclic) bond motifs is 2. The summed E-state index contributed by atoms with van der Waals surface area (Å²) in [5, 5.41) is 2.95. The van der Waals surface area contributed by atoms with Crippen molar-refractivity contribution >= 4 is 29.0 Å². The quantitative estimate of drug-likeness (QED) is 0.262. The lowest BCUT2D eigenvalue weighted by Crippen LogP contribution is -2.39. The number of carbonyl (C=O) groups excluding carboxylic acids is 2. The van der Waals surface area contributed by atoms with Gasteiger partial charge in [0.05, 0.1) is 24.0 Å². The molecule has 0 aliphatic carbocycles. The van der Waals surface area contributed by atoms with Crippen LogP contribution in [0.3, 0.4) is 0 Å². The van der Waals surface area contributed by atoms with E-state index in [1.165, 1.54) is 0 Å². The van der Waals surface area contributed by atoms with Gasteiger partial charge in [-0.1, -0.05) is 57.0 Å². The Morgan fingerprint density at radius 3 is 2.42 bits per heavy atom. The van der Waals surface area contributed by atoms with E-state index in [0.717, 1.165) is 56.6 Å². The van der Waals surface area contributed by atoms with Gasteiger partial charge in [-0.15, -0.1) is 0 Å². The van der Waals surface area contributed by atoms with Crippen molar-refractivity contribution in [1.82, 2.24) is 14.8 Å². The van der Waals surface area contributed by atoms with Crippen molar-refractivity contribution in [2.75, 3.05) is 50.1 Å². The van der Waals surface area contributed by atoms with E-state index in [9.17, 15) is 9.59 Å². The first-order valence-corrected chi connectivity index (χ1v) is 14.3. The van der Waals surface area contributed by atoms with Gasteiger partial charge < -0.3 is 24.8 Å². The molecule has 0 fully saturated rings. The summed E-state index contributed by atoms with van der Waals surface area (Å²) in [7, 11) is 1.65. The Balaban J connectivity index is 1.53. The largest absolute Gasteiger partial charge is 0.496 e. The maximum Gasteiger partial charge on any atom is 0.257 e. The average molecular weight is 544 g/mol. The summed E-state index contributed by atoms with van der Waals surface area (Å²) in [6, 6.07) is 18.8. The van der Waals surface area contributed by atoms with Gasteiger partial charge in [-0.2, -0.15) is 0 Å². The van der Waals surface area contributed by atoms with Gasteiger partial charge in [0.25, 0.3) is 5.91 Å². The van der Waals surface area contributed by atoms with Crippen LogP contribution >= 0.6 is 0 Å². The van der Waals surface area contributed by atoms with Gasteiger partial charge in [0, 0.05) is 24.8 Å². The zero-order valence-corrected chi connectivity index (χ0v) is 23.9. The van der Waals surface area contributed by atoms with Crippen LogP contribution < -0.4 is 15.0 Å². The number of methoxy groups -OCH3 is 1. The minimum atomic E-state index is -0.213. The SMILES string of the molecule is CCN(CC)CCCCCCN(Cc1ccccc1OC)C(=O)CN1c2ccccc2C(=O)Nc2cccnc21. The number of amides is 2. The number of aromatic nitrogens is 1. The second-order valence-electron chi connectivity index (χ2n) is 10.0. The molecular weight excluding hydrogens is 502 g/mol. The monoisotopic (exact) mass is 543 g/mol. The molecule has 1 aliphatic heterocycles. The molecule has 2 amide bonds. The highest BCUT2D eigenvalue weighted by molar-refractivity contribution is 6.12. The highest BCUT2D eigenvalue weighted by atomic mass is 16.5. The summed E-state index contributed by atoms with van der Waals surface area (Å²) in [5.41, 5.74) is 2.73. The number of hydrogen-bond donors (Lipinski definition) is 1. The third kappa shape index (κ3) is 7.18. The number of benzene rings is 2. The van der Waals surface area contributed by atoms with Gasteiger partial charge in [0.2, 0.25) is 5.91 Å². The molecule has 0 saturated carbocycles. The first-order valence-electron chi connectivity index (χ1n) is 14.3. The van der Waals surface area contributed by atoms with Crippen LogP contribution in [0.15, 0.2) is 66.9 Å². The van der Waals surface area contributed by atoms with Crippen LogP contribution in [0.1, 0.15) is 55.5 Å². The number of nitrogens with zero attached hydrogens (tertiary/aromatic N) is 4. The van der Waals surface area contributed by atoms with E-state index in [2.05, 4.69) is 29.0 Å². The first-order chi connectivity index (χ1) is 19.5. The number of nitrogens with one attached hydrogen (secondary N) is 1. The molecule has 1 aliphatic rings. The van der Waals surface area contributed by atoms with Crippen LogP contribution in [0.4, 0.5) is 17.2 Å². The summed E-state index contributed by atoms with van der Waals surface area (Å²) >= 11 is 0. The van der Waals surface area contributed by atoms with Crippen LogP contribution in [0.5, 0.6) is 5.75 Å². The molecule has 8 heteroatoms. The number of para-hydroxylation sites is 2. The lowest BCUT2D eigenvalue weighted by atomic mass is 10.1. The highest BCUT2D eigenvalue weighted by Crippen LogP contribution is 2.36. The van der Waals surface area contributed by atoms with E-state index in [1.807, 2.05) is 58.3 Å². The maximum atomic E-state index is 14.0. The van der Waals surface area contributed by atoms with Crippen molar-refractivity contribution in [2.24, 2.45) is 0 Å². The second-order valence-corrected chi connectivity index (χ2v) is 10.0. The Labute approximate surface area is 237 Å². The smallest absolute Gasteiger partial charge is 0.257 e. The predicted molar refractivity (Wildman–Crippen MR) is 160 cm³/mol. The first kappa shape index (κ1) is 29.1. The number of unbranched alkanes of at least 4 members (excludes halogenated alkanes) is 3. The van der Waals surface area contributed by atoms with E-state index in [4.69, 9.17) is 4.74 Å². The van der Waals surface area contributed by atoms with Crippen LogP contribution in [-0.2, 0) is 11.3 Å². The Morgan fingerprint density at radius 1 is 0.925 bits per heavy atom. The highest BCUT2D eigenvalue weighted by Gasteiger charge is 2.29. The van der Waals surface area contributed by atoms with E-state index < -0.39 is 0 Å². The molecule has 0 spiro atoms. The molecule has 0 saturated heterocycles. The molecular formula is C32H41N5O3. The molecule has 0 bridgehead atoms. The lowest BCUT2D eigenvalue weighted by molar-refractivity contribution is -0.130. The number of ether oxygens (including phenoxy) is 1. The molecule has 1 N–H and O–H groups in total. The predicted octanol–water partition coefficient (Wildman–Crippen LogP) is 5.73. The lowest BCUT2D eigenvalue weighted by Gasteiger charge is -2.29. The molecule has 40 heavy (non-hydrogen) atoms. The van der Waals surface area contributed by atoms with Crippen LogP contribution in [-0.4, -0.2) is 66.4 Å². The van der Waals surface area contributed by atoms with Crippen LogP contribution in [0.2, 0.25) is 0 Å². The van der Waals surface area contributed by atoms with E-state index in [0.29, 0.717) is 35.8 Å². The van der Waals surface area contributed by atoms with Gasteiger partial charge in [0.1, 0.15) is 12.3 Å². The second kappa shape index (κ2) is 14.5. The number of rotatable bonds is 14. The third-order valence-corrected chi connectivity index (χ3v) is 7.48. The summed E-state index contributed by atoms with van der Waals surface area (Å²) in [5.74, 6) is 1.08. The number of carbonyl (C=O) groups is 2. The van der Waals surface area contributed by atoms with Crippen molar-refractivity contribution in [3.63, 3.8) is 0 Å². The Bertz CT molecular complexity index is 1280. The molecule has 2 heterocycles. The molecule has 1 aromatic heterocycles. The Hall–Kier alpha value is -3.91. The molecule has 4 rings (SSSR count). The Morgan fingerprint density at radius 2 is 1.65 bits per heavy atom. The normalized spacial score (nSPS) is 12.4. The minimum absolute atomic E-state index is 0.0326. The number of anilines is 3. The summed E-state index contributed by atoms with van der Waals surface area (Å²) in [4.78, 5) is 37.8. The average Bonchev–Trinajstić information content (AvgIpc) is 3.10. The molecule has 8 nitrogen and oxygen atoms in total. The Kier molecular flexibility index (Phi) is 10.5. The van der Waals surface area contributed by atoms with Crippen LogP contribution in [0.25, 0.3) is 0 Å². The zero-order valence-electron chi connectivity index (χ0n) is 23.9. The van der Waals surface area contributed by atoms with Gasteiger partial charge in [0.15, 0.2) is 5.82 Å². The van der Waals surface area contributed by atoms with Crippen molar-refractivity contribution in [3.05, 3.63) is 78.0 Å². The van der Waals surface area contributed by atoms with Crippen molar-refractivity contribution in [1.29, 1.82) is 0 Å². The molecule has 2 aromatic carbocycles.